The van der Waals surface area contributed by atoms with Crippen LogP contribution in [0.2, 0.25) is 0 Å². The molecule has 0 spiro atoms. The van der Waals surface area contributed by atoms with Gasteiger partial charge in [-0.3, -0.25) is 10.1 Å². The van der Waals surface area contributed by atoms with Gasteiger partial charge >= 0.3 is 0 Å². The highest BCUT2D eigenvalue weighted by atomic mass is 32.1. The van der Waals surface area contributed by atoms with Gasteiger partial charge in [-0.05, 0) is 54.8 Å². The molecule has 1 aromatic heterocycles. The Labute approximate surface area is 164 Å². The highest BCUT2D eigenvalue weighted by Crippen LogP contribution is 2.25. The molecule has 0 N–H and O–H groups in total. The summed E-state index contributed by atoms with van der Waals surface area (Å²) in [6, 6.07) is 12.5. The van der Waals surface area contributed by atoms with Crippen molar-refractivity contribution in [3.8, 4) is 11.3 Å². The molecule has 1 atom stereocenters. The summed E-state index contributed by atoms with van der Waals surface area (Å²) >= 11 is 1.48. The molecule has 1 aliphatic heterocycles. The molecule has 1 saturated heterocycles. The van der Waals surface area contributed by atoms with Crippen LogP contribution in [0.3, 0.4) is 0 Å². The van der Waals surface area contributed by atoms with Crippen LogP contribution in [-0.2, 0) is 11.3 Å². The van der Waals surface area contributed by atoms with Crippen LogP contribution < -0.4 is 4.80 Å². The number of hydrogen-bond acceptors (Lipinski definition) is 5. The minimum atomic E-state index is -0.410. The van der Waals surface area contributed by atoms with Gasteiger partial charge in [-0.1, -0.05) is 0 Å². The Kier molecular flexibility index (Phi) is 5.31. The first-order valence-corrected chi connectivity index (χ1v) is 9.83. The molecule has 0 aliphatic carbocycles. The minimum Gasteiger partial charge on any atom is -0.376 e. The third kappa shape index (κ3) is 4.02. The van der Waals surface area contributed by atoms with Gasteiger partial charge in [0.25, 0.3) is 5.69 Å². The van der Waals surface area contributed by atoms with Crippen molar-refractivity contribution in [3.05, 3.63) is 74.6 Å². The number of aromatic nitrogens is 1. The smallest absolute Gasteiger partial charge is 0.269 e. The molecule has 0 saturated carbocycles. The van der Waals surface area contributed by atoms with E-state index in [9.17, 15) is 14.5 Å². The number of nitrogens with zero attached hydrogens (tertiary/aromatic N) is 3. The van der Waals surface area contributed by atoms with Crippen molar-refractivity contribution < 1.29 is 14.1 Å². The standard InChI is InChI=1S/C20H18FN3O3S/c21-15-5-7-16(8-6-15)22-20-23(12-18-2-1-11-27-18)19(13-28-20)14-3-9-17(10-4-14)24(25)26/h3-10,13,18H,1-2,11-12H2. The molecule has 144 valence electrons. The number of thiazole rings is 1. The number of benzene rings is 2. The highest BCUT2D eigenvalue weighted by molar-refractivity contribution is 7.07. The molecular weight excluding hydrogens is 381 g/mol. The van der Waals surface area contributed by atoms with Crippen molar-refractivity contribution in [1.82, 2.24) is 4.57 Å². The first-order chi connectivity index (χ1) is 13.6. The first kappa shape index (κ1) is 18.5. The molecule has 3 aromatic rings. The van der Waals surface area contributed by atoms with E-state index in [4.69, 9.17) is 4.74 Å². The van der Waals surface area contributed by atoms with Crippen LogP contribution in [-0.4, -0.2) is 22.2 Å². The Bertz CT molecular complexity index is 1040. The van der Waals surface area contributed by atoms with Crippen LogP contribution in [0.5, 0.6) is 0 Å². The van der Waals surface area contributed by atoms with Crippen molar-refractivity contribution in [2.75, 3.05) is 6.61 Å². The number of ether oxygens (including phenoxy) is 1. The lowest BCUT2D eigenvalue weighted by Crippen LogP contribution is -2.24. The van der Waals surface area contributed by atoms with Crippen LogP contribution in [0.15, 0.2) is 58.9 Å². The Morgan fingerprint density at radius 2 is 1.96 bits per heavy atom. The van der Waals surface area contributed by atoms with E-state index in [2.05, 4.69) is 9.56 Å². The predicted octanol–water partition coefficient (Wildman–Crippen LogP) is 4.68. The molecule has 28 heavy (non-hydrogen) atoms. The Morgan fingerprint density at radius 3 is 2.61 bits per heavy atom. The maximum absolute atomic E-state index is 13.2. The van der Waals surface area contributed by atoms with Gasteiger partial charge < -0.3 is 9.30 Å². The molecule has 1 unspecified atom stereocenters. The number of nitro benzene ring substituents is 1. The number of rotatable bonds is 5. The number of non-ortho nitro benzene ring substituents is 1. The fraction of sp³-hybridized carbons (Fsp3) is 0.250. The van der Waals surface area contributed by atoms with Gasteiger partial charge in [-0.15, -0.1) is 11.3 Å². The second-order valence-corrected chi connectivity index (χ2v) is 7.38. The van der Waals surface area contributed by atoms with Crippen molar-refractivity contribution in [3.63, 3.8) is 0 Å². The first-order valence-electron chi connectivity index (χ1n) is 8.95. The Balaban J connectivity index is 1.76. The summed E-state index contributed by atoms with van der Waals surface area (Å²) in [6.45, 7) is 1.41. The zero-order chi connectivity index (χ0) is 19.5. The van der Waals surface area contributed by atoms with Crippen molar-refractivity contribution in [1.29, 1.82) is 0 Å². The monoisotopic (exact) mass is 399 g/mol. The zero-order valence-electron chi connectivity index (χ0n) is 15.0. The second-order valence-electron chi connectivity index (χ2n) is 6.54. The van der Waals surface area contributed by atoms with E-state index in [0.29, 0.717) is 12.2 Å². The number of halogens is 1. The Hall–Kier alpha value is -2.84. The second kappa shape index (κ2) is 8.04. The van der Waals surface area contributed by atoms with Gasteiger partial charge in [0.05, 0.1) is 29.0 Å². The molecule has 2 aromatic carbocycles. The lowest BCUT2D eigenvalue weighted by atomic mass is 10.1. The third-order valence-corrected chi connectivity index (χ3v) is 5.50. The van der Waals surface area contributed by atoms with Crippen molar-refractivity contribution in [2.45, 2.75) is 25.5 Å². The maximum Gasteiger partial charge on any atom is 0.269 e. The largest absolute Gasteiger partial charge is 0.376 e. The lowest BCUT2D eigenvalue weighted by Gasteiger charge is -2.14. The summed E-state index contributed by atoms with van der Waals surface area (Å²) in [7, 11) is 0. The van der Waals surface area contributed by atoms with Gasteiger partial charge in [0.1, 0.15) is 5.82 Å². The average Bonchev–Trinajstić information content (AvgIpc) is 3.35. The summed E-state index contributed by atoms with van der Waals surface area (Å²) < 4.78 is 21.0. The third-order valence-electron chi connectivity index (χ3n) is 4.63. The molecule has 8 heteroatoms. The molecular formula is C20H18FN3O3S. The highest BCUT2D eigenvalue weighted by Gasteiger charge is 2.19. The maximum atomic E-state index is 13.2. The van der Waals surface area contributed by atoms with E-state index >= 15 is 0 Å². The van der Waals surface area contributed by atoms with E-state index in [0.717, 1.165) is 35.5 Å². The van der Waals surface area contributed by atoms with Gasteiger partial charge in [-0.25, -0.2) is 9.38 Å². The molecule has 0 amide bonds. The van der Waals surface area contributed by atoms with Gasteiger partial charge in [0, 0.05) is 24.1 Å². The molecule has 0 radical (unpaired) electrons. The van der Waals surface area contributed by atoms with Crippen LogP contribution in [0.4, 0.5) is 15.8 Å². The summed E-state index contributed by atoms with van der Waals surface area (Å²) in [5, 5.41) is 12.9. The van der Waals surface area contributed by atoms with E-state index in [1.165, 1.54) is 35.6 Å². The quantitative estimate of drug-likeness (QED) is 0.462. The summed E-state index contributed by atoms with van der Waals surface area (Å²) in [5.41, 5.74) is 2.53. The van der Waals surface area contributed by atoms with Gasteiger partial charge in [-0.2, -0.15) is 0 Å². The van der Waals surface area contributed by atoms with E-state index in [1.54, 1.807) is 24.3 Å². The Morgan fingerprint density at radius 1 is 1.21 bits per heavy atom. The van der Waals surface area contributed by atoms with Crippen LogP contribution >= 0.6 is 11.3 Å². The average molecular weight is 399 g/mol. The van der Waals surface area contributed by atoms with Crippen LogP contribution in [0.1, 0.15) is 12.8 Å². The van der Waals surface area contributed by atoms with Crippen LogP contribution in [0.25, 0.3) is 11.3 Å². The van der Waals surface area contributed by atoms with Crippen LogP contribution in [0, 0.1) is 15.9 Å². The predicted molar refractivity (Wildman–Crippen MR) is 105 cm³/mol. The SMILES string of the molecule is O=[N+]([O-])c1ccc(-c2csc(=Nc3ccc(F)cc3)n2CC2CCCO2)cc1. The fourth-order valence-corrected chi connectivity index (χ4v) is 4.14. The lowest BCUT2D eigenvalue weighted by molar-refractivity contribution is -0.384. The van der Waals surface area contributed by atoms with E-state index in [-0.39, 0.29) is 17.6 Å². The molecule has 0 bridgehead atoms. The van der Waals surface area contributed by atoms with E-state index in [1.807, 2.05) is 5.38 Å². The number of hydrogen-bond donors (Lipinski definition) is 0. The molecule has 6 nitrogen and oxygen atoms in total. The summed E-state index contributed by atoms with van der Waals surface area (Å²) in [5.74, 6) is -0.302. The normalized spacial score (nSPS) is 17.2. The van der Waals surface area contributed by atoms with E-state index < -0.39 is 4.92 Å². The number of nitro groups is 1. The topological polar surface area (TPSA) is 69.7 Å². The zero-order valence-corrected chi connectivity index (χ0v) is 15.8. The van der Waals surface area contributed by atoms with Gasteiger partial charge in [0.15, 0.2) is 4.80 Å². The fourth-order valence-electron chi connectivity index (χ4n) is 3.20. The molecule has 4 rings (SSSR count). The molecule has 1 fully saturated rings. The summed E-state index contributed by atoms with van der Waals surface area (Å²) in [4.78, 5) is 16.0. The van der Waals surface area contributed by atoms with Crippen molar-refractivity contribution in [2.24, 2.45) is 4.99 Å². The minimum absolute atomic E-state index is 0.0564. The van der Waals surface area contributed by atoms with Crippen molar-refractivity contribution >= 4 is 22.7 Å². The summed E-state index contributed by atoms with van der Waals surface area (Å²) in [6.07, 6.45) is 2.13. The molecule has 1 aliphatic rings. The van der Waals surface area contributed by atoms with Gasteiger partial charge in [0.2, 0.25) is 0 Å². The molecule has 2 heterocycles.